The Morgan fingerprint density at radius 2 is 1.81 bits per heavy atom. The molecule has 0 radical (unpaired) electrons. The number of hydrogen-bond donors (Lipinski definition) is 0. The molecule has 0 amide bonds. The van der Waals surface area contributed by atoms with Crippen LogP contribution in [0.3, 0.4) is 0 Å². The predicted octanol–water partition coefficient (Wildman–Crippen LogP) is 3.36. The Balaban J connectivity index is 1.49. The molecular formula is C25H33N5O. The van der Waals surface area contributed by atoms with Gasteiger partial charge in [-0.1, -0.05) is 24.6 Å². The second kappa shape index (κ2) is 8.60. The second-order valence-corrected chi connectivity index (χ2v) is 9.19. The normalized spacial score (nSPS) is 20.6. The van der Waals surface area contributed by atoms with Crippen LogP contribution in [0.4, 0.5) is 0 Å². The summed E-state index contributed by atoms with van der Waals surface area (Å²) in [4.78, 5) is 23.6. The Hall–Kier alpha value is -2.44. The lowest BCUT2D eigenvalue weighted by molar-refractivity contribution is 0.135. The molecule has 2 aliphatic rings. The highest BCUT2D eigenvalue weighted by atomic mass is 16.1. The SMILES string of the molecule is Cc1cc(C)c2c(=O)n(-c3ccccc3)n(CCN3CCCN4CCCCC4C3)c2n1. The van der Waals surface area contributed by atoms with Gasteiger partial charge in [-0.25, -0.2) is 9.67 Å². The fraction of sp³-hybridized carbons (Fsp3) is 0.520. The summed E-state index contributed by atoms with van der Waals surface area (Å²) in [6.07, 6.45) is 5.25. The van der Waals surface area contributed by atoms with E-state index in [2.05, 4.69) is 14.5 Å². The molecule has 1 aromatic carbocycles. The highest BCUT2D eigenvalue weighted by Crippen LogP contribution is 2.22. The Kier molecular flexibility index (Phi) is 5.67. The van der Waals surface area contributed by atoms with Crippen LogP contribution in [0.1, 0.15) is 36.9 Å². The van der Waals surface area contributed by atoms with Gasteiger partial charge in [-0.05, 0) is 76.5 Å². The lowest BCUT2D eigenvalue weighted by Crippen LogP contribution is -2.44. The molecule has 0 spiro atoms. The van der Waals surface area contributed by atoms with Crippen LogP contribution in [-0.4, -0.2) is 62.9 Å². The van der Waals surface area contributed by atoms with Gasteiger partial charge in [0, 0.05) is 24.8 Å². The Morgan fingerprint density at radius 1 is 1.00 bits per heavy atom. The molecule has 6 heteroatoms. The maximum Gasteiger partial charge on any atom is 0.281 e. The molecule has 0 aliphatic carbocycles. The van der Waals surface area contributed by atoms with Gasteiger partial charge in [-0.15, -0.1) is 0 Å². The highest BCUT2D eigenvalue weighted by Gasteiger charge is 2.27. The van der Waals surface area contributed by atoms with Gasteiger partial charge >= 0.3 is 0 Å². The smallest absolute Gasteiger partial charge is 0.281 e. The minimum absolute atomic E-state index is 0.0283. The maximum atomic E-state index is 13.5. The van der Waals surface area contributed by atoms with Gasteiger partial charge in [0.15, 0.2) is 5.65 Å². The average Bonchev–Trinajstić information content (AvgIpc) is 2.91. The van der Waals surface area contributed by atoms with Gasteiger partial charge in [0.2, 0.25) is 0 Å². The summed E-state index contributed by atoms with van der Waals surface area (Å²) < 4.78 is 3.94. The third-order valence-corrected chi connectivity index (χ3v) is 6.98. The molecule has 3 aromatic rings. The van der Waals surface area contributed by atoms with E-state index in [9.17, 15) is 4.79 Å². The fourth-order valence-electron chi connectivity index (χ4n) is 5.50. The highest BCUT2D eigenvalue weighted by molar-refractivity contribution is 5.79. The molecule has 0 bridgehead atoms. The maximum absolute atomic E-state index is 13.5. The number of aromatic nitrogens is 3. The van der Waals surface area contributed by atoms with Crippen molar-refractivity contribution in [3.8, 4) is 5.69 Å². The van der Waals surface area contributed by atoms with Crippen molar-refractivity contribution < 1.29 is 0 Å². The van der Waals surface area contributed by atoms with Crippen LogP contribution in [0, 0.1) is 13.8 Å². The molecule has 2 aromatic heterocycles. The minimum atomic E-state index is 0.0283. The van der Waals surface area contributed by atoms with E-state index in [0.29, 0.717) is 6.04 Å². The van der Waals surface area contributed by atoms with E-state index in [-0.39, 0.29) is 5.56 Å². The van der Waals surface area contributed by atoms with Crippen molar-refractivity contribution in [2.24, 2.45) is 0 Å². The van der Waals surface area contributed by atoms with E-state index in [0.717, 1.165) is 54.2 Å². The van der Waals surface area contributed by atoms with Crippen LogP contribution in [0.5, 0.6) is 0 Å². The molecule has 0 saturated carbocycles. The molecule has 1 unspecified atom stereocenters. The van der Waals surface area contributed by atoms with Gasteiger partial charge in [-0.2, -0.15) is 0 Å². The Labute approximate surface area is 184 Å². The van der Waals surface area contributed by atoms with Crippen molar-refractivity contribution in [2.75, 3.05) is 32.7 Å². The number of hydrogen-bond acceptors (Lipinski definition) is 4. The third kappa shape index (κ3) is 3.94. The minimum Gasteiger partial charge on any atom is -0.300 e. The monoisotopic (exact) mass is 419 g/mol. The number of pyridine rings is 1. The van der Waals surface area contributed by atoms with Crippen LogP contribution in [0.15, 0.2) is 41.2 Å². The topological polar surface area (TPSA) is 46.3 Å². The molecule has 6 nitrogen and oxygen atoms in total. The Morgan fingerprint density at radius 3 is 2.65 bits per heavy atom. The number of aryl methyl sites for hydroxylation is 2. The van der Waals surface area contributed by atoms with E-state index in [1.54, 1.807) is 0 Å². The summed E-state index contributed by atoms with van der Waals surface area (Å²) in [7, 11) is 0. The van der Waals surface area contributed by atoms with Crippen molar-refractivity contribution in [3.63, 3.8) is 0 Å². The van der Waals surface area contributed by atoms with Gasteiger partial charge in [0.25, 0.3) is 5.56 Å². The van der Waals surface area contributed by atoms with E-state index in [1.807, 2.05) is 54.9 Å². The fourth-order valence-corrected chi connectivity index (χ4v) is 5.50. The zero-order valence-corrected chi connectivity index (χ0v) is 18.8. The number of rotatable bonds is 4. The quantitative estimate of drug-likeness (QED) is 0.651. The number of para-hydroxylation sites is 1. The van der Waals surface area contributed by atoms with Crippen molar-refractivity contribution in [1.82, 2.24) is 24.1 Å². The zero-order valence-electron chi connectivity index (χ0n) is 18.8. The largest absolute Gasteiger partial charge is 0.300 e. The molecule has 0 N–H and O–H groups in total. The lowest BCUT2D eigenvalue weighted by atomic mass is 10.0. The van der Waals surface area contributed by atoms with Crippen LogP contribution >= 0.6 is 0 Å². The standard InChI is InChI=1S/C25H33N5O/c1-19-17-20(2)26-24-23(19)25(31)30(21-9-4-3-5-10-21)29(24)16-15-27-12-8-14-28-13-7-6-11-22(28)18-27/h3-5,9-10,17,22H,6-8,11-16,18H2,1-2H3. The van der Waals surface area contributed by atoms with Gasteiger partial charge in [-0.3, -0.25) is 19.3 Å². The van der Waals surface area contributed by atoms with Crippen molar-refractivity contribution in [3.05, 3.63) is 58.0 Å². The first-order valence-electron chi connectivity index (χ1n) is 11.7. The van der Waals surface area contributed by atoms with Crippen LogP contribution in [-0.2, 0) is 6.54 Å². The first kappa shape index (κ1) is 20.5. The summed E-state index contributed by atoms with van der Waals surface area (Å²) in [5, 5.41) is 0.740. The van der Waals surface area contributed by atoms with Gasteiger partial charge in [0.1, 0.15) is 0 Å². The number of nitrogens with zero attached hydrogens (tertiary/aromatic N) is 5. The summed E-state index contributed by atoms with van der Waals surface area (Å²) in [5.41, 5.74) is 3.69. The first-order chi connectivity index (χ1) is 15.1. The van der Waals surface area contributed by atoms with E-state index in [4.69, 9.17) is 4.98 Å². The molecule has 1 atom stereocenters. The second-order valence-electron chi connectivity index (χ2n) is 9.19. The van der Waals surface area contributed by atoms with E-state index >= 15 is 0 Å². The lowest BCUT2D eigenvalue weighted by Gasteiger charge is -2.35. The number of piperidine rings is 1. The average molecular weight is 420 g/mol. The summed E-state index contributed by atoms with van der Waals surface area (Å²) in [6.45, 7) is 10.5. The first-order valence-corrected chi connectivity index (χ1v) is 11.7. The number of benzene rings is 1. The summed E-state index contributed by atoms with van der Waals surface area (Å²) in [5.74, 6) is 0. The summed E-state index contributed by atoms with van der Waals surface area (Å²) in [6, 6.07) is 12.7. The molecule has 5 rings (SSSR count). The van der Waals surface area contributed by atoms with E-state index < -0.39 is 0 Å². The molecule has 2 fully saturated rings. The molecular weight excluding hydrogens is 386 g/mol. The Bertz CT molecular complexity index is 1120. The van der Waals surface area contributed by atoms with Crippen LogP contribution < -0.4 is 5.56 Å². The third-order valence-electron chi connectivity index (χ3n) is 6.98. The van der Waals surface area contributed by atoms with Crippen molar-refractivity contribution >= 4 is 11.0 Å². The summed E-state index contributed by atoms with van der Waals surface area (Å²) >= 11 is 0. The van der Waals surface area contributed by atoms with E-state index in [1.165, 1.54) is 38.8 Å². The number of fused-ring (bicyclic) bond motifs is 2. The predicted molar refractivity (Wildman–Crippen MR) is 125 cm³/mol. The van der Waals surface area contributed by atoms with Crippen LogP contribution in [0.25, 0.3) is 16.7 Å². The molecule has 2 saturated heterocycles. The zero-order chi connectivity index (χ0) is 21.4. The van der Waals surface area contributed by atoms with Crippen molar-refractivity contribution in [2.45, 2.75) is 52.1 Å². The molecule has 164 valence electrons. The molecule has 4 heterocycles. The van der Waals surface area contributed by atoms with Gasteiger partial charge < -0.3 is 0 Å². The molecule has 2 aliphatic heterocycles. The molecule has 31 heavy (non-hydrogen) atoms. The van der Waals surface area contributed by atoms with Crippen LogP contribution in [0.2, 0.25) is 0 Å². The van der Waals surface area contributed by atoms with Crippen molar-refractivity contribution in [1.29, 1.82) is 0 Å². The van der Waals surface area contributed by atoms with Gasteiger partial charge in [0.05, 0.1) is 17.6 Å².